The van der Waals surface area contributed by atoms with Crippen molar-refractivity contribution in [1.82, 2.24) is 28.7 Å². The smallest absolute Gasteiger partial charge is 0.238 e. The normalized spacial score (nSPS) is 11.8. The summed E-state index contributed by atoms with van der Waals surface area (Å²) in [4.78, 5) is 16.0. The molecule has 0 N–H and O–H groups in total. The molecule has 0 saturated heterocycles. The van der Waals surface area contributed by atoms with E-state index in [9.17, 15) is 0 Å². The summed E-state index contributed by atoms with van der Waals surface area (Å²) in [5.74, 6) is 1.74. The zero-order valence-corrected chi connectivity index (χ0v) is 37.3. The third-order valence-electron chi connectivity index (χ3n) is 13.7. The van der Waals surface area contributed by atoms with E-state index in [0.717, 1.165) is 88.6 Å². The van der Waals surface area contributed by atoms with Gasteiger partial charge in [0.05, 0.1) is 33.1 Å². The van der Waals surface area contributed by atoms with Crippen LogP contribution in [0.2, 0.25) is 0 Å². The van der Waals surface area contributed by atoms with Crippen molar-refractivity contribution in [2.24, 2.45) is 0 Å². The van der Waals surface area contributed by atoms with Crippen LogP contribution < -0.4 is 0 Å². The molecule has 0 radical (unpaired) electrons. The molecule has 0 fully saturated rings. The summed E-state index contributed by atoms with van der Waals surface area (Å²) >= 11 is 0. The van der Waals surface area contributed by atoms with Crippen molar-refractivity contribution < 1.29 is 0 Å². The molecule has 0 aliphatic heterocycles. The standard InChI is InChI=1S/C63H40N6/c1-3-15-41(16-4-1)43-27-31-45(32-28-43)61-64-62(46-33-29-44(30-34-46)42-17-5-2-6-18-42)66-63(65-61)69-59-37-35-47(67-55-23-11-7-19-49(55)50-20-8-12-24-56(50)67)39-53(59)54-40-48(36-38-60(54)69)68-57-25-13-9-21-51(57)52-22-10-14-26-58(52)68/h1-40H. The van der Waals surface area contributed by atoms with Crippen molar-refractivity contribution in [2.45, 2.75) is 0 Å². The van der Waals surface area contributed by atoms with Gasteiger partial charge in [-0.3, -0.25) is 4.57 Å². The minimum Gasteiger partial charge on any atom is -0.309 e. The van der Waals surface area contributed by atoms with E-state index < -0.39 is 0 Å². The fourth-order valence-corrected chi connectivity index (χ4v) is 10.5. The van der Waals surface area contributed by atoms with Crippen molar-refractivity contribution in [2.75, 3.05) is 0 Å². The molecule has 0 unspecified atom stereocenters. The number of hydrogen-bond acceptors (Lipinski definition) is 3. The van der Waals surface area contributed by atoms with E-state index >= 15 is 0 Å². The van der Waals surface area contributed by atoms with Crippen LogP contribution in [0.15, 0.2) is 243 Å². The number of rotatable bonds is 7. The number of hydrogen-bond donors (Lipinski definition) is 0. The van der Waals surface area contributed by atoms with Gasteiger partial charge in [-0.1, -0.05) is 182 Å². The second-order valence-electron chi connectivity index (χ2n) is 17.6. The van der Waals surface area contributed by atoms with Crippen LogP contribution in [-0.2, 0) is 0 Å². The average molecular weight is 881 g/mol. The Hall–Kier alpha value is -9.39. The van der Waals surface area contributed by atoms with Gasteiger partial charge in [-0.05, 0) is 82.9 Å². The number of fused-ring (bicyclic) bond motifs is 9. The molecule has 69 heavy (non-hydrogen) atoms. The number of para-hydroxylation sites is 4. The minimum atomic E-state index is 0.545. The maximum atomic E-state index is 5.38. The van der Waals surface area contributed by atoms with E-state index in [1.807, 2.05) is 12.1 Å². The van der Waals surface area contributed by atoms with Gasteiger partial charge in [0, 0.05) is 54.8 Å². The Morgan fingerprint density at radius 1 is 0.217 bits per heavy atom. The Balaban J connectivity index is 1.02. The van der Waals surface area contributed by atoms with Gasteiger partial charge >= 0.3 is 0 Å². The van der Waals surface area contributed by atoms with Crippen LogP contribution in [0.1, 0.15) is 0 Å². The first-order chi connectivity index (χ1) is 34.2. The quantitative estimate of drug-likeness (QED) is 0.160. The van der Waals surface area contributed by atoms with Gasteiger partial charge in [-0.2, -0.15) is 9.97 Å². The summed E-state index contributed by atoms with van der Waals surface area (Å²) < 4.78 is 7.00. The first-order valence-corrected chi connectivity index (χ1v) is 23.4. The topological polar surface area (TPSA) is 53.5 Å². The van der Waals surface area contributed by atoms with E-state index in [2.05, 4.69) is 244 Å². The van der Waals surface area contributed by atoms with Crippen molar-refractivity contribution in [3.8, 4) is 62.4 Å². The molecular formula is C63H40N6. The lowest BCUT2D eigenvalue weighted by atomic mass is 10.0. The van der Waals surface area contributed by atoms with E-state index in [0.29, 0.717) is 17.6 Å². The molecule has 0 spiro atoms. The summed E-state index contributed by atoms with van der Waals surface area (Å²) in [5.41, 5.74) is 15.2. The monoisotopic (exact) mass is 880 g/mol. The predicted molar refractivity (Wildman–Crippen MR) is 285 cm³/mol. The van der Waals surface area contributed by atoms with Gasteiger partial charge in [0.15, 0.2) is 11.6 Å². The van der Waals surface area contributed by atoms with E-state index in [-0.39, 0.29) is 0 Å². The Morgan fingerprint density at radius 3 is 0.899 bits per heavy atom. The van der Waals surface area contributed by atoms with Crippen LogP contribution in [0.4, 0.5) is 0 Å². The molecule has 6 heteroatoms. The SMILES string of the molecule is c1ccc(-c2ccc(-c3nc(-c4ccc(-c5ccccc5)cc4)nc(-n4c5ccc(-n6c7ccccc7c7ccccc76)cc5c5cc(-n6c7ccccc7c7ccccc76)ccc54)n3)cc2)cc1. The average Bonchev–Trinajstić information content (AvgIpc) is 4.07. The molecule has 4 heterocycles. The fourth-order valence-electron chi connectivity index (χ4n) is 10.5. The highest BCUT2D eigenvalue weighted by Crippen LogP contribution is 2.40. The lowest BCUT2D eigenvalue weighted by Gasteiger charge is -2.12. The summed E-state index contributed by atoms with van der Waals surface area (Å²) in [5, 5.41) is 7.09. The van der Waals surface area contributed by atoms with Crippen LogP contribution in [0.25, 0.3) is 128 Å². The zero-order valence-electron chi connectivity index (χ0n) is 37.3. The Kier molecular flexibility index (Phi) is 8.79. The Labute approximate surface area is 397 Å². The third kappa shape index (κ3) is 6.30. The molecule has 14 rings (SSSR count). The van der Waals surface area contributed by atoms with Gasteiger partial charge < -0.3 is 9.13 Å². The molecule has 10 aromatic carbocycles. The van der Waals surface area contributed by atoms with Gasteiger partial charge in [-0.15, -0.1) is 0 Å². The maximum Gasteiger partial charge on any atom is 0.238 e. The Bertz CT molecular complexity index is 3900. The first-order valence-electron chi connectivity index (χ1n) is 23.4. The summed E-state index contributed by atoms with van der Waals surface area (Å²) in [6.07, 6.45) is 0. The van der Waals surface area contributed by atoms with Crippen LogP contribution in [0.3, 0.4) is 0 Å². The minimum absolute atomic E-state index is 0.545. The van der Waals surface area contributed by atoms with E-state index in [1.54, 1.807) is 0 Å². The molecule has 322 valence electrons. The van der Waals surface area contributed by atoms with Crippen molar-refractivity contribution in [3.05, 3.63) is 243 Å². The number of aromatic nitrogens is 6. The molecule has 0 amide bonds. The van der Waals surface area contributed by atoms with Crippen molar-refractivity contribution in [3.63, 3.8) is 0 Å². The summed E-state index contributed by atoms with van der Waals surface area (Å²) in [7, 11) is 0. The molecule has 14 aromatic rings. The van der Waals surface area contributed by atoms with Gasteiger partial charge in [0.2, 0.25) is 5.95 Å². The summed E-state index contributed by atoms with van der Waals surface area (Å²) in [6.45, 7) is 0. The highest BCUT2D eigenvalue weighted by atomic mass is 15.2. The summed E-state index contributed by atoms with van der Waals surface area (Å²) in [6, 6.07) is 86.3. The zero-order chi connectivity index (χ0) is 45.4. The lowest BCUT2D eigenvalue weighted by molar-refractivity contribution is 0.953. The Morgan fingerprint density at radius 2 is 0.522 bits per heavy atom. The molecule has 0 aliphatic carbocycles. The van der Waals surface area contributed by atoms with Gasteiger partial charge in [0.25, 0.3) is 0 Å². The highest BCUT2D eigenvalue weighted by molar-refractivity contribution is 6.14. The molecule has 0 atom stereocenters. The van der Waals surface area contributed by atoms with Crippen LogP contribution in [0.5, 0.6) is 0 Å². The van der Waals surface area contributed by atoms with E-state index in [4.69, 9.17) is 15.0 Å². The van der Waals surface area contributed by atoms with Crippen molar-refractivity contribution in [1.29, 1.82) is 0 Å². The van der Waals surface area contributed by atoms with Crippen LogP contribution in [0, 0.1) is 0 Å². The third-order valence-corrected chi connectivity index (χ3v) is 13.7. The maximum absolute atomic E-state index is 5.38. The molecular weight excluding hydrogens is 841 g/mol. The van der Waals surface area contributed by atoms with Crippen LogP contribution >= 0.6 is 0 Å². The van der Waals surface area contributed by atoms with Gasteiger partial charge in [0.1, 0.15) is 0 Å². The van der Waals surface area contributed by atoms with Gasteiger partial charge in [-0.25, -0.2) is 4.98 Å². The fraction of sp³-hybridized carbons (Fsp3) is 0. The largest absolute Gasteiger partial charge is 0.309 e. The number of benzene rings is 10. The molecule has 0 bridgehead atoms. The molecule has 4 aromatic heterocycles. The second-order valence-corrected chi connectivity index (χ2v) is 17.6. The number of nitrogens with zero attached hydrogens (tertiary/aromatic N) is 6. The molecule has 0 aliphatic rings. The van der Waals surface area contributed by atoms with E-state index in [1.165, 1.54) is 21.5 Å². The molecule has 0 saturated carbocycles. The highest BCUT2D eigenvalue weighted by Gasteiger charge is 2.22. The van der Waals surface area contributed by atoms with Crippen LogP contribution in [-0.4, -0.2) is 28.7 Å². The first kappa shape index (κ1) is 38.8. The predicted octanol–water partition coefficient (Wildman–Crippen LogP) is 15.8. The van der Waals surface area contributed by atoms with Crippen molar-refractivity contribution >= 4 is 65.4 Å². The second kappa shape index (κ2) is 15.6. The molecule has 6 nitrogen and oxygen atoms in total. The lowest BCUT2D eigenvalue weighted by Crippen LogP contribution is -2.06.